The molecule has 0 aliphatic rings. The second kappa shape index (κ2) is 9.69. The molecule has 0 rings (SSSR count). The molecule has 0 aliphatic carbocycles. The number of ether oxygens (including phenoxy) is 2. The zero-order valence-electron chi connectivity index (χ0n) is 12.9. The molecule has 6 heteroatoms. The number of thioether (sulfide) groups is 1. The fraction of sp³-hybridized carbons (Fsp3) is 0.714. The van der Waals surface area contributed by atoms with Gasteiger partial charge >= 0.3 is 12.1 Å². The van der Waals surface area contributed by atoms with E-state index in [1.807, 2.05) is 11.5 Å². The Hall–Kier alpha value is -1.17. The first-order chi connectivity index (χ1) is 9.30. The Morgan fingerprint density at radius 3 is 2.50 bits per heavy atom. The van der Waals surface area contributed by atoms with Crippen molar-refractivity contribution >= 4 is 23.8 Å². The number of carbonyl (C=O) groups excluding carboxylic acids is 2. The summed E-state index contributed by atoms with van der Waals surface area (Å²) < 4.78 is 9.80. The van der Waals surface area contributed by atoms with Gasteiger partial charge < -0.3 is 14.8 Å². The number of esters is 1. The van der Waals surface area contributed by atoms with Gasteiger partial charge in [0.1, 0.15) is 11.6 Å². The predicted octanol–water partition coefficient (Wildman–Crippen LogP) is 3.10. The molecule has 116 valence electrons. The van der Waals surface area contributed by atoms with E-state index in [1.54, 1.807) is 20.8 Å². The van der Waals surface area contributed by atoms with E-state index in [2.05, 4.69) is 17.0 Å². The van der Waals surface area contributed by atoms with E-state index in [9.17, 15) is 9.59 Å². The van der Waals surface area contributed by atoms with Crippen LogP contribution in [0.1, 0.15) is 40.5 Å². The zero-order chi connectivity index (χ0) is 15.6. The molecule has 0 unspecified atom stereocenters. The Morgan fingerprint density at radius 2 is 2.00 bits per heavy atom. The van der Waals surface area contributed by atoms with E-state index in [-0.39, 0.29) is 0 Å². The summed E-state index contributed by atoms with van der Waals surface area (Å²) in [6.45, 7) is 7.39. The Balaban J connectivity index is 4.35. The van der Waals surface area contributed by atoms with Gasteiger partial charge in [-0.05, 0) is 32.6 Å². The highest BCUT2D eigenvalue weighted by atomic mass is 32.2. The molecule has 20 heavy (non-hydrogen) atoms. The van der Waals surface area contributed by atoms with Crippen LogP contribution in [0.5, 0.6) is 0 Å². The van der Waals surface area contributed by atoms with Crippen LogP contribution in [0.2, 0.25) is 0 Å². The Kier molecular flexibility index (Phi) is 9.12. The minimum Gasteiger partial charge on any atom is -0.467 e. The summed E-state index contributed by atoms with van der Waals surface area (Å²) in [5.41, 5.74) is -0.598. The van der Waals surface area contributed by atoms with Crippen molar-refractivity contribution in [2.75, 3.05) is 12.9 Å². The van der Waals surface area contributed by atoms with Crippen molar-refractivity contribution in [2.45, 2.75) is 52.2 Å². The summed E-state index contributed by atoms with van der Waals surface area (Å²) in [6, 6.07) is -0.717. The van der Waals surface area contributed by atoms with E-state index in [1.165, 1.54) is 18.9 Å². The fourth-order valence-corrected chi connectivity index (χ4v) is 2.01. The molecule has 0 saturated heterocycles. The molecule has 0 aromatic carbocycles. The van der Waals surface area contributed by atoms with Crippen molar-refractivity contribution in [3.8, 4) is 0 Å². The third kappa shape index (κ3) is 9.72. The summed E-state index contributed by atoms with van der Waals surface area (Å²) in [7, 11) is 1.30. The first kappa shape index (κ1) is 18.8. The normalized spacial score (nSPS) is 13.1. The molecule has 0 saturated carbocycles. The van der Waals surface area contributed by atoms with Gasteiger partial charge in [-0.25, -0.2) is 9.59 Å². The van der Waals surface area contributed by atoms with Crippen LogP contribution in [0, 0.1) is 0 Å². The number of methoxy groups -OCH3 is 1. The maximum atomic E-state index is 11.7. The van der Waals surface area contributed by atoms with Crippen LogP contribution in [0.3, 0.4) is 0 Å². The van der Waals surface area contributed by atoms with Crippen molar-refractivity contribution in [1.29, 1.82) is 0 Å². The molecule has 0 bridgehead atoms. The smallest absolute Gasteiger partial charge is 0.408 e. The summed E-state index contributed by atoms with van der Waals surface area (Å²) in [5, 5.41) is 4.45. The lowest BCUT2D eigenvalue weighted by Crippen LogP contribution is -2.45. The van der Waals surface area contributed by atoms with Crippen LogP contribution in [-0.4, -0.2) is 36.6 Å². The van der Waals surface area contributed by atoms with Crippen molar-refractivity contribution in [2.24, 2.45) is 0 Å². The van der Waals surface area contributed by atoms with Crippen LogP contribution in [-0.2, 0) is 14.3 Å². The minimum absolute atomic E-state index is 0.409. The molecule has 5 nitrogen and oxygen atoms in total. The number of carbonyl (C=O) groups is 2. The minimum atomic E-state index is -0.717. The van der Waals surface area contributed by atoms with Crippen molar-refractivity contribution in [3.05, 3.63) is 11.5 Å². The molecule has 0 aromatic rings. The van der Waals surface area contributed by atoms with E-state index < -0.39 is 23.7 Å². The SMILES string of the molecule is CCCC=CSC[C@@H](NC(=O)OC(C)(C)C)C(=O)OC. The van der Waals surface area contributed by atoms with E-state index >= 15 is 0 Å². The highest BCUT2D eigenvalue weighted by molar-refractivity contribution is 8.02. The molecular weight excluding hydrogens is 278 g/mol. The van der Waals surface area contributed by atoms with Gasteiger partial charge in [-0.3, -0.25) is 0 Å². The van der Waals surface area contributed by atoms with Crippen molar-refractivity contribution in [3.63, 3.8) is 0 Å². The summed E-state index contributed by atoms with van der Waals surface area (Å²) >= 11 is 1.45. The molecule has 1 N–H and O–H groups in total. The lowest BCUT2D eigenvalue weighted by molar-refractivity contribution is -0.142. The highest BCUT2D eigenvalue weighted by Crippen LogP contribution is 2.10. The third-order valence-corrected chi connectivity index (χ3v) is 3.00. The van der Waals surface area contributed by atoms with Gasteiger partial charge in [0.05, 0.1) is 7.11 Å². The average Bonchev–Trinajstić information content (AvgIpc) is 2.34. The van der Waals surface area contributed by atoms with Crippen LogP contribution >= 0.6 is 11.8 Å². The number of rotatable bonds is 7. The molecule has 1 atom stereocenters. The van der Waals surface area contributed by atoms with E-state index in [4.69, 9.17) is 4.74 Å². The molecule has 0 spiro atoms. The second-order valence-corrected chi connectivity index (χ2v) is 6.15. The molecule has 0 aromatic heterocycles. The number of nitrogens with one attached hydrogen (secondary N) is 1. The number of hydrogen-bond acceptors (Lipinski definition) is 5. The lowest BCUT2D eigenvalue weighted by atomic mass is 10.2. The Bertz CT molecular complexity index is 337. The zero-order valence-corrected chi connectivity index (χ0v) is 13.7. The van der Waals surface area contributed by atoms with Gasteiger partial charge in [0.15, 0.2) is 0 Å². The second-order valence-electron chi connectivity index (χ2n) is 5.22. The third-order valence-electron chi connectivity index (χ3n) is 2.09. The van der Waals surface area contributed by atoms with E-state index in [0.29, 0.717) is 5.75 Å². The van der Waals surface area contributed by atoms with Gasteiger partial charge in [0.25, 0.3) is 0 Å². The van der Waals surface area contributed by atoms with Gasteiger partial charge in [-0.1, -0.05) is 19.4 Å². The van der Waals surface area contributed by atoms with Crippen LogP contribution in [0.4, 0.5) is 4.79 Å². The Morgan fingerprint density at radius 1 is 1.35 bits per heavy atom. The molecule has 1 amide bonds. The fourth-order valence-electron chi connectivity index (χ4n) is 1.22. The standard InChI is InChI=1S/C14H25NO4S/c1-6-7-8-9-20-10-11(12(16)18-5)15-13(17)19-14(2,3)4/h8-9,11H,6-7,10H2,1-5H3,(H,15,17)/t11-/m1/s1. The van der Waals surface area contributed by atoms with Crippen LogP contribution in [0.15, 0.2) is 11.5 Å². The number of allylic oxidation sites excluding steroid dienone is 1. The van der Waals surface area contributed by atoms with Crippen molar-refractivity contribution < 1.29 is 19.1 Å². The largest absolute Gasteiger partial charge is 0.467 e. The average molecular weight is 303 g/mol. The number of amides is 1. The topological polar surface area (TPSA) is 64.6 Å². The molecular formula is C14H25NO4S. The first-order valence-corrected chi connectivity index (χ1v) is 7.69. The highest BCUT2D eigenvalue weighted by Gasteiger charge is 2.24. The number of unbranched alkanes of at least 4 members (excludes halogenated alkanes) is 1. The summed E-state index contributed by atoms with van der Waals surface area (Å²) in [5.74, 6) is -0.0705. The molecule has 0 heterocycles. The van der Waals surface area contributed by atoms with Gasteiger partial charge in [0.2, 0.25) is 0 Å². The van der Waals surface area contributed by atoms with Crippen LogP contribution in [0.25, 0.3) is 0 Å². The monoisotopic (exact) mass is 303 g/mol. The Labute approximate surface area is 125 Å². The van der Waals surface area contributed by atoms with Gasteiger partial charge in [-0.15, -0.1) is 11.8 Å². The number of alkyl carbamates (subject to hydrolysis) is 1. The predicted molar refractivity (Wildman–Crippen MR) is 81.7 cm³/mol. The van der Waals surface area contributed by atoms with Crippen molar-refractivity contribution in [1.82, 2.24) is 5.32 Å². The summed E-state index contributed by atoms with van der Waals surface area (Å²) in [4.78, 5) is 23.3. The quantitative estimate of drug-likeness (QED) is 0.732. The maximum Gasteiger partial charge on any atom is 0.408 e. The lowest BCUT2D eigenvalue weighted by Gasteiger charge is -2.22. The maximum absolute atomic E-state index is 11.7. The first-order valence-electron chi connectivity index (χ1n) is 6.64. The van der Waals surface area contributed by atoms with Gasteiger partial charge in [-0.2, -0.15) is 0 Å². The van der Waals surface area contributed by atoms with E-state index in [0.717, 1.165) is 12.8 Å². The van der Waals surface area contributed by atoms with Crippen LogP contribution < -0.4 is 5.32 Å². The molecule has 0 fully saturated rings. The molecule has 0 aliphatic heterocycles. The number of hydrogen-bond donors (Lipinski definition) is 1. The molecule has 0 radical (unpaired) electrons. The summed E-state index contributed by atoms with van der Waals surface area (Å²) in [6.07, 6.45) is 3.49. The van der Waals surface area contributed by atoms with Gasteiger partial charge in [0, 0.05) is 5.75 Å².